The summed E-state index contributed by atoms with van der Waals surface area (Å²) in [6.45, 7) is 10.8. The standard InChI is InChI=1S/C25H43N3O6/c1-6-16(2)20(27-24(33)34-25(3,4)5)22(30)28-13-11-18(12-14-28)21(29)26-15-17-7-9-19(10-8-17)23(31)32/h16-20H,6-15H2,1-5H3,(H,26,29)(H,27,33)(H,31,32)/t16-,17?,19?,20+/m1/s1. The molecule has 2 aliphatic rings. The van der Waals surface area contributed by atoms with Gasteiger partial charge in [-0.25, -0.2) is 4.79 Å². The van der Waals surface area contributed by atoms with Crippen LogP contribution >= 0.6 is 0 Å². The lowest BCUT2D eigenvalue weighted by atomic mass is 9.82. The number of aliphatic carboxylic acids is 1. The zero-order valence-electron chi connectivity index (χ0n) is 21.4. The molecule has 194 valence electrons. The molecular formula is C25H43N3O6. The van der Waals surface area contributed by atoms with Crippen molar-refractivity contribution >= 4 is 23.9 Å². The SMILES string of the molecule is CC[C@@H](C)[C@H](NC(=O)OC(C)(C)C)C(=O)N1CCC(C(=O)NCC2CCC(C(=O)O)CC2)CC1. The van der Waals surface area contributed by atoms with Crippen LogP contribution in [0.5, 0.6) is 0 Å². The lowest BCUT2D eigenvalue weighted by molar-refractivity contribution is -0.143. The largest absolute Gasteiger partial charge is 0.481 e. The summed E-state index contributed by atoms with van der Waals surface area (Å²) in [6.07, 6.45) is 4.30. The number of likely N-dealkylation sites (tertiary alicyclic amines) is 1. The van der Waals surface area contributed by atoms with Gasteiger partial charge in [0.25, 0.3) is 0 Å². The normalized spacial score (nSPS) is 23.5. The van der Waals surface area contributed by atoms with E-state index in [-0.39, 0.29) is 29.6 Å². The number of piperidine rings is 1. The summed E-state index contributed by atoms with van der Waals surface area (Å²) < 4.78 is 5.34. The molecule has 1 saturated carbocycles. The Morgan fingerprint density at radius 2 is 1.59 bits per heavy atom. The van der Waals surface area contributed by atoms with Gasteiger partial charge in [0, 0.05) is 25.6 Å². The average molecular weight is 482 g/mol. The summed E-state index contributed by atoms with van der Waals surface area (Å²) in [4.78, 5) is 51.0. The first kappa shape index (κ1) is 27.9. The third kappa shape index (κ3) is 8.47. The van der Waals surface area contributed by atoms with Crippen molar-refractivity contribution in [2.24, 2.45) is 23.7 Å². The molecule has 1 aliphatic heterocycles. The van der Waals surface area contributed by atoms with Crippen molar-refractivity contribution in [3.8, 4) is 0 Å². The molecule has 3 N–H and O–H groups in total. The fourth-order valence-corrected chi connectivity index (χ4v) is 4.68. The zero-order chi connectivity index (χ0) is 25.5. The average Bonchev–Trinajstić information content (AvgIpc) is 2.79. The van der Waals surface area contributed by atoms with Crippen LogP contribution in [-0.2, 0) is 19.1 Å². The number of carbonyl (C=O) groups is 4. The lowest BCUT2D eigenvalue weighted by Gasteiger charge is -2.36. The Kier molecular flexibility index (Phi) is 10.2. The van der Waals surface area contributed by atoms with E-state index in [1.54, 1.807) is 25.7 Å². The molecule has 2 atom stereocenters. The number of carboxylic acids is 1. The smallest absolute Gasteiger partial charge is 0.408 e. The first-order valence-electron chi connectivity index (χ1n) is 12.7. The summed E-state index contributed by atoms with van der Waals surface area (Å²) in [5.74, 6) is -0.945. The molecule has 1 saturated heterocycles. The van der Waals surface area contributed by atoms with Crippen LogP contribution in [0.4, 0.5) is 4.79 Å². The third-order valence-corrected chi connectivity index (χ3v) is 7.09. The van der Waals surface area contributed by atoms with Gasteiger partial charge >= 0.3 is 12.1 Å². The third-order valence-electron chi connectivity index (χ3n) is 7.09. The second kappa shape index (κ2) is 12.4. The first-order chi connectivity index (χ1) is 15.9. The van der Waals surface area contributed by atoms with Gasteiger partial charge in [0.05, 0.1) is 5.92 Å². The quantitative estimate of drug-likeness (QED) is 0.489. The van der Waals surface area contributed by atoms with Gasteiger partial charge in [0.2, 0.25) is 11.8 Å². The minimum absolute atomic E-state index is 0.0119. The Bertz CT molecular complexity index is 719. The number of carbonyl (C=O) groups excluding carboxylic acids is 3. The fraction of sp³-hybridized carbons (Fsp3) is 0.840. The van der Waals surface area contributed by atoms with Crippen molar-refractivity contribution in [2.75, 3.05) is 19.6 Å². The molecular weight excluding hydrogens is 438 g/mol. The highest BCUT2D eigenvalue weighted by atomic mass is 16.6. The van der Waals surface area contributed by atoms with Gasteiger partial charge in [-0.3, -0.25) is 14.4 Å². The fourth-order valence-electron chi connectivity index (χ4n) is 4.68. The maximum absolute atomic E-state index is 13.2. The number of carboxylic acid groups (broad SMARTS) is 1. The summed E-state index contributed by atoms with van der Waals surface area (Å²) in [5, 5.41) is 14.9. The number of amides is 3. The summed E-state index contributed by atoms with van der Waals surface area (Å²) in [5.41, 5.74) is -0.644. The number of nitrogens with one attached hydrogen (secondary N) is 2. The van der Waals surface area contributed by atoms with Crippen LogP contribution in [0.3, 0.4) is 0 Å². The maximum atomic E-state index is 13.2. The van der Waals surface area contributed by atoms with Crippen LogP contribution in [0, 0.1) is 23.7 Å². The van der Waals surface area contributed by atoms with Gasteiger partial charge in [-0.2, -0.15) is 0 Å². The molecule has 1 heterocycles. The van der Waals surface area contributed by atoms with Crippen molar-refractivity contribution in [1.29, 1.82) is 0 Å². The highest BCUT2D eigenvalue weighted by Gasteiger charge is 2.35. The second-order valence-corrected chi connectivity index (χ2v) is 10.9. The molecule has 34 heavy (non-hydrogen) atoms. The van der Waals surface area contributed by atoms with Gasteiger partial charge in [-0.05, 0) is 71.1 Å². The minimum Gasteiger partial charge on any atom is -0.481 e. The molecule has 0 aromatic heterocycles. The van der Waals surface area contributed by atoms with E-state index in [9.17, 15) is 19.2 Å². The molecule has 0 aromatic carbocycles. The van der Waals surface area contributed by atoms with Crippen molar-refractivity contribution in [3.05, 3.63) is 0 Å². The van der Waals surface area contributed by atoms with E-state index < -0.39 is 23.7 Å². The molecule has 9 heteroatoms. The van der Waals surface area contributed by atoms with Crippen LogP contribution in [0.1, 0.15) is 79.6 Å². The molecule has 0 spiro atoms. The predicted molar refractivity (Wildman–Crippen MR) is 128 cm³/mol. The molecule has 1 aliphatic carbocycles. The van der Waals surface area contributed by atoms with Crippen molar-refractivity contribution < 1.29 is 29.0 Å². The topological polar surface area (TPSA) is 125 Å². The van der Waals surface area contributed by atoms with E-state index in [2.05, 4.69) is 10.6 Å². The predicted octanol–water partition coefficient (Wildman–Crippen LogP) is 3.17. The summed E-state index contributed by atoms with van der Waals surface area (Å²) in [6, 6.07) is -0.661. The van der Waals surface area contributed by atoms with Crippen LogP contribution in [0.25, 0.3) is 0 Å². The van der Waals surface area contributed by atoms with Crippen LogP contribution in [0.2, 0.25) is 0 Å². The van der Waals surface area contributed by atoms with Crippen molar-refractivity contribution in [1.82, 2.24) is 15.5 Å². The molecule has 0 bridgehead atoms. The number of hydrogen-bond donors (Lipinski definition) is 3. The van der Waals surface area contributed by atoms with Crippen molar-refractivity contribution in [3.63, 3.8) is 0 Å². The molecule has 0 radical (unpaired) electrons. The monoisotopic (exact) mass is 481 g/mol. The van der Waals surface area contributed by atoms with E-state index in [0.717, 1.165) is 19.3 Å². The molecule has 2 rings (SSSR count). The Labute approximate surface area is 203 Å². The van der Waals surface area contributed by atoms with Gasteiger partial charge in [-0.1, -0.05) is 20.3 Å². The van der Waals surface area contributed by atoms with Crippen LogP contribution < -0.4 is 10.6 Å². The second-order valence-electron chi connectivity index (χ2n) is 10.9. The number of rotatable bonds is 8. The number of nitrogens with zero attached hydrogens (tertiary/aromatic N) is 1. The summed E-state index contributed by atoms with van der Waals surface area (Å²) in [7, 11) is 0. The van der Waals surface area contributed by atoms with E-state index in [0.29, 0.717) is 51.2 Å². The number of alkyl carbamates (subject to hydrolysis) is 1. The van der Waals surface area contributed by atoms with Gasteiger partial charge in [0.1, 0.15) is 11.6 Å². The Balaban J connectivity index is 1.81. The van der Waals surface area contributed by atoms with Gasteiger partial charge in [0.15, 0.2) is 0 Å². The number of hydrogen-bond acceptors (Lipinski definition) is 5. The Morgan fingerprint density at radius 3 is 2.09 bits per heavy atom. The van der Waals surface area contributed by atoms with Crippen LogP contribution in [-0.4, -0.2) is 65.2 Å². The molecule has 3 amide bonds. The summed E-state index contributed by atoms with van der Waals surface area (Å²) >= 11 is 0. The van der Waals surface area contributed by atoms with E-state index in [1.807, 2.05) is 13.8 Å². The Morgan fingerprint density at radius 1 is 1.00 bits per heavy atom. The van der Waals surface area contributed by atoms with E-state index in [1.165, 1.54) is 0 Å². The zero-order valence-corrected chi connectivity index (χ0v) is 21.4. The molecule has 0 unspecified atom stereocenters. The maximum Gasteiger partial charge on any atom is 0.408 e. The number of ether oxygens (including phenoxy) is 1. The Hall–Kier alpha value is -2.32. The lowest BCUT2D eigenvalue weighted by Crippen LogP contribution is -2.54. The molecule has 2 fully saturated rings. The van der Waals surface area contributed by atoms with E-state index in [4.69, 9.17) is 9.84 Å². The van der Waals surface area contributed by atoms with Gasteiger partial charge < -0.3 is 25.4 Å². The molecule has 0 aromatic rings. The highest BCUT2D eigenvalue weighted by Crippen LogP contribution is 2.29. The van der Waals surface area contributed by atoms with E-state index >= 15 is 0 Å². The van der Waals surface area contributed by atoms with Crippen LogP contribution in [0.15, 0.2) is 0 Å². The highest BCUT2D eigenvalue weighted by molar-refractivity contribution is 5.86. The first-order valence-corrected chi connectivity index (χ1v) is 12.7. The minimum atomic E-state index is -0.722. The van der Waals surface area contributed by atoms with Crippen molar-refractivity contribution in [2.45, 2.75) is 91.2 Å². The van der Waals surface area contributed by atoms with Gasteiger partial charge in [-0.15, -0.1) is 0 Å². The molecule has 9 nitrogen and oxygen atoms in total.